The van der Waals surface area contributed by atoms with E-state index in [2.05, 4.69) is 36.7 Å². The van der Waals surface area contributed by atoms with Gasteiger partial charge in [0.15, 0.2) is 0 Å². The number of halogens is 1. The maximum Gasteiger partial charge on any atom is 0.270 e. The van der Waals surface area contributed by atoms with E-state index in [1.165, 1.54) is 37.6 Å². The highest BCUT2D eigenvalue weighted by atomic mass is 79.9. The number of nitro groups is 1. The van der Waals surface area contributed by atoms with E-state index in [-0.39, 0.29) is 18.1 Å². The summed E-state index contributed by atoms with van der Waals surface area (Å²) < 4.78 is 0.876. The number of hydrogen-bond donors (Lipinski definition) is 2. The predicted molar refractivity (Wildman–Crippen MR) is 131 cm³/mol. The summed E-state index contributed by atoms with van der Waals surface area (Å²) >= 11 is 3.47. The maximum atomic E-state index is 12.2. The van der Waals surface area contributed by atoms with Gasteiger partial charge in [0.05, 0.1) is 17.7 Å². The number of nitro benzene ring substituents is 1. The fourth-order valence-corrected chi connectivity index (χ4v) is 4.53. The topological polar surface area (TPSA) is 99.9 Å². The molecule has 2 N–H and O–H groups in total. The van der Waals surface area contributed by atoms with Crippen LogP contribution in [-0.2, 0) is 4.79 Å². The van der Waals surface area contributed by atoms with Crippen molar-refractivity contribution < 1.29 is 9.72 Å². The molecule has 0 atom stereocenters. The van der Waals surface area contributed by atoms with Crippen molar-refractivity contribution in [2.75, 3.05) is 23.8 Å². The van der Waals surface area contributed by atoms with Crippen molar-refractivity contribution in [2.45, 2.75) is 45.1 Å². The second-order valence-corrected chi connectivity index (χ2v) is 8.89. The first-order chi connectivity index (χ1) is 15.3. The summed E-state index contributed by atoms with van der Waals surface area (Å²) in [4.78, 5) is 25.2. The lowest BCUT2D eigenvalue weighted by Crippen LogP contribution is -2.34. The van der Waals surface area contributed by atoms with Crippen LogP contribution in [0.4, 0.5) is 17.1 Å². The number of carbonyl (C=O) groups is 1. The number of nitrogens with one attached hydrogen (secondary N) is 2. The Bertz CT molecular complexity index is 1010. The molecule has 0 aliphatic heterocycles. The highest BCUT2D eigenvalue weighted by Gasteiger charge is 2.21. The highest BCUT2D eigenvalue weighted by molar-refractivity contribution is 9.10. The van der Waals surface area contributed by atoms with Crippen LogP contribution in [-0.4, -0.2) is 36.7 Å². The first-order valence-corrected chi connectivity index (χ1v) is 11.5. The Kier molecular flexibility index (Phi) is 8.21. The number of non-ortho nitro benzene ring substituents is 1. The van der Waals surface area contributed by atoms with Gasteiger partial charge in [-0.15, -0.1) is 0 Å². The van der Waals surface area contributed by atoms with E-state index in [1.54, 1.807) is 6.07 Å². The Balaban J connectivity index is 1.67. The van der Waals surface area contributed by atoms with Gasteiger partial charge in [-0.1, -0.05) is 25.3 Å². The van der Waals surface area contributed by atoms with Gasteiger partial charge in [-0.2, -0.15) is 5.10 Å². The van der Waals surface area contributed by atoms with E-state index in [0.717, 1.165) is 34.3 Å². The summed E-state index contributed by atoms with van der Waals surface area (Å²) in [6.07, 6.45) is 7.29. The fourth-order valence-electron chi connectivity index (χ4n) is 3.90. The van der Waals surface area contributed by atoms with Crippen molar-refractivity contribution in [3.8, 4) is 0 Å². The molecule has 3 rings (SSSR count). The summed E-state index contributed by atoms with van der Waals surface area (Å²) in [7, 11) is 2.01. The SMILES string of the molecule is Cc1ccc(NCC(=O)NN=Cc2cc([N+](=O)[O-])ccc2N(C)C2CCCCC2)c(Br)c1. The van der Waals surface area contributed by atoms with Crippen LogP contribution < -0.4 is 15.6 Å². The van der Waals surface area contributed by atoms with Crippen LogP contribution in [0.25, 0.3) is 0 Å². The Labute approximate surface area is 196 Å². The summed E-state index contributed by atoms with van der Waals surface area (Å²) in [6, 6.07) is 11.0. The third-order valence-corrected chi connectivity index (χ3v) is 6.34. The molecule has 0 heterocycles. The Morgan fingerprint density at radius 2 is 2.00 bits per heavy atom. The summed E-state index contributed by atoms with van der Waals surface area (Å²) in [6.45, 7) is 2.03. The molecular formula is C23H28BrN5O3. The second kappa shape index (κ2) is 11.1. The monoisotopic (exact) mass is 501 g/mol. The van der Waals surface area contributed by atoms with Crippen molar-refractivity contribution >= 4 is 45.1 Å². The van der Waals surface area contributed by atoms with Gasteiger partial charge in [-0.05, 0) is 59.5 Å². The minimum atomic E-state index is -0.427. The molecule has 170 valence electrons. The normalized spacial score (nSPS) is 14.3. The van der Waals surface area contributed by atoms with E-state index in [9.17, 15) is 14.9 Å². The summed E-state index contributed by atoms with van der Waals surface area (Å²) in [5.74, 6) is -0.318. The number of anilines is 2. The first kappa shape index (κ1) is 23.7. The van der Waals surface area contributed by atoms with Crippen LogP contribution in [0, 0.1) is 17.0 Å². The largest absolute Gasteiger partial charge is 0.375 e. The quantitative estimate of drug-likeness (QED) is 0.301. The molecule has 1 amide bonds. The highest BCUT2D eigenvalue weighted by Crippen LogP contribution is 2.30. The van der Waals surface area contributed by atoms with E-state index in [4.69, 9.17) is 0 Å². The maximum absolute atomic E-state index is 12.2. The van der Waals surface area contributed by atoms with Crippen LogP contribution in [0.5, 0.6) is 0 Å². The molecule has 0 bridgehead atoms. The molecule has 0 unspecified atom stereocenters. The molecule has 1 aliphatic rings. The number of aryl methyl sites for hydroxylation is 1. The molecular weight excluding hydrogens is 474 g/mol. The van der Waals surface area contributed by atoms with Gasteiger partial charge in [0.25, 0.3) is 11.6 Å². The molecule has 0 saturated heterocycles. The van der Waals surface area contributed by atoms with E-state index >= 15 is 0 Å². The Morgan fingerprint density at radius 3 is 2.69 bits per heavy atom. The molecule has 9 heteroatoms. The second-order valence-electron chi connectivity index (χ2n) is 8.03. The number of carbonyl (C=O) groups excluding carboxylic acids is 1. The van der Waals surface area contributed by atoms with E-state index in [0.29, 0.717) is 11.6 Å². The van der Waals surface area contributed by atoms with Gasteiger partial charge in [0.1, 0.15) is 0 Å². The van der Waals surface area contributed by atoms with Crippen LogP contribution >= 0.6 is 15.9 Å². The molecule has 2 aromatic rings. The molecule has 1 fully saturated rings. The Morgan fingerprint density at radius 1 is 1.25 bits per heavy atom. The van der Waals surface area contributed by atoms with Crippen molar-refractivity contribution in [2.24, 2.45) is 5.10 Å². The molecule has 0 radical (unpaired) electrons. The van der Waals surface area contributed by atoms with Gasteiger partial charge >= 0.3 is 0 Å². The lowest BCUT2D eigenvalue weighted by molar-refractivity contribution is -0.384. The lowest BCUT2D eigenvalue weighted by Gasteiger charge is -2.33. The van der Waals surface area contributed by atoms with Crippen molar-refractivity contribution in [1.29, 1.82) is 0 Å². The van der Waals surface area contributed by atoms with Gasteiger partial charge in [-0.3, -0.25) is 14.9 Å². The lowest BCUT2D eigenvalue weighted by atomic mass is 9.94. The molecule has 0 spiro atoms. The molecule has 2 aromatic carbocycles. The minimum absolute atomic E-state index is 0.00976. The van der Waals surface area contributed by atoms with Crippen molar-refractivity contribution in [3.05, 3.63) is 62.1 Å². The number of benzene rings is 2. The fraction of sp³-hybridized carbons (Fsp3) is 0.391. The number of nitrogens with zero attached hydrogens (tertiary/aromatic N) is 3. The van der Waals surface area contributed by atoms with Gasteiger partial charge in [0.2, 0.25) is 0 Å². The zero-order valence-electron chi connectivity index (χ0n) is 18.3. The number of hydrazone groups is 1. The zero-order valence-corrected chi connectivity index (χ0v) is 19.9. The number of amides is 1. The van der Waals surface area contributed by atoms with Crippen molar-refractivity contribution in [3.63, 3.8) is 0 Å². The van der Waals surface area contributed by atoms with Crippen LogP contribution in [0.3, 0.4) is 0 Å². The average molecular weight is 502 g/mol. The molecule has 8 nitrogen and oxygen atoms in total. The predicted octanol–water partition coefficient (Wildman–Crippen LogP) is 5.00. The standard InChI is InChI=1S/C23H28BrN5O3/c1-16-8-10-21(20(24)12-16)25-15-23(30)27-26-14-17-13-19(29(31)32)9-11-22(17)28(2)18-6-4-3-5-7-18/h8-14,18,25H,3-7,15H2,1-2H3,(H,27,30). The van der Waals surface area contributed by atoms with Crippen LogP contribution in [0.2, 0.25) is 0 Å². The van der Waals surface area contributed by atoms with Gasteiger partial charge < -0.3 is 10.2 Å². The third kappa shape index (κ3) is 6.29. The Hall–Kier alpha value is -2.94. The summed E-state index contributed by atoms with van der Waals surface area (Å²) in [5, 5.41) is 18.4. The van der Waals surface area contributed by atoms with Crippen molar-refractivity contribution in [1.82, 2.24) is 5.43 Å². The molecule has 1 aliphatic carbocycles. The minimum Gasteiger partial charge on any atom is -0.375 e. The van der Waals surface area contributed by atoms with Gasteiger partial charge in [0, 0.05) is 46.6 Å². The van der Waals surface area contributed by atoms with Crippen LogP contribution in [0.1, 0.15) is 43.2 Å². The smallest absolute Gasteiger partial charge is 0.270 e. The molecule has 32 heavy (non-hydrogen) atoms. The van der Waals surface area contributed by atoms with Gasteiger partial charge in [-0.25, -0.2) is 5.43 Å². The number of hydrogen-bond acceptors (Lipinski definition) is 6. The third-order valence-electron chi connectivity index (χ3n) is 5.68. The molecule has 1 saturated carbocycles. The summed E-state index contributed by atoms with van der Waals surface area (Å²) in [5.41, 5.74) is 5.87. The van der Waals surface area contributed by atoms with E-state index in [1.807, 2.05) is 32.2 Å². The van der Waals surface area contributed by atoms with E-state index < -0.39 is 4.92 Å². The zero-order chi connectivity index (χ0) is 23.1. The first-order valence-electron chi connectivity index (χ1n) is 10.7. The van der Waals surface area contributed by atoms with Crippen LogP contribution in [0.15, 0.2) is 46.0 Å². The number of rotatable bonds is 8. The average Bonchev–Trinajstić information content (AvgIpc) is 2.78. The molecule has 0 aromatic heterocycles.